The number of aliphatic hydroxyl groups excluding tert-OH is 1. The Labute approximate surface area is 196 Å². The van der Waals surface area contributed by atoms with Crippen LogP contribution in [0.5, 0.6) is 17.2 Å². The molecule has 0 radical (unpaired) electrons. The molecular formula is C25H24N2O7. The van der Waals surface area contributed by atoms with Crippen molar-refractivity contribution in [1.29, 1.82) is 0 Å². The van der Waals surface area contributed by atoms with Crippen molar-refractivity contribution in [3.05, 3.63) is 71.0 Å². The molecule has 1 N–H and O–H groups in total. The number of hydrogen-bond acceptors (Lipinski definition) is 8. The van der Waals surface area contributed by atoms with Gasteiger partial charge in [-0.1, -0.05) is 11.2 Å². The highest BCUT2D eigenvalue weighted by Gasteiger charge is 2.48. The second-order valence-electron chi connectivity index (χ2n) is 7.54. The van der Waals surface area contributed by atoms with Crippen molar-refractivity contribution >= 4 is 23.3 Å². The van der Waals surface area contributed by atoms with Gasteiger partial charge in [0.25, 0.3) is 5.78 Å². The van der Waals surface area contributed by atoms with E-state index in [0.29, 0.717) is 40.7 Å². The zero-order valence-corrected chi connectivity index (χ0v) is 19.2. The second kappa shape index (κ2) is 9.30. The highest BCUT2D eigenvalue weighted by atomic mass is 16.5. The molecule has 0 aliphatic carbocycles. The Morgan fingerprint density at radius 3 is 2.35 bits per heavy atom. The molecular weight excluding hydrogens is 440 g/mol. The van der Waals surface area contributed by atoms with E-state index in [2.05, 4.69) is 5.16 Å². The average molecular weight is 464 g/mol. The van der Waals surface area contributed by atoms with Crippen molar-refractivity contribution in [2.45, 2.75) is 19.9 Å². The Hall–Kier alpha value is -4.27. The molecule has 0 saturated carbocycles. The molecule has 1 saturated heterocycles. The first kappa shape index (κ1) is 22.9. The number of Topliss-reactive ketones (excluding diaryl/α,β-unsaturated/α-hetero) is 1. The van der Waals surface area contributed by atoms with Crippen molar-refractivity contribution in [3.8, 4) is 17.2 Å². The lowest BCUT2D eigenvalue weighted by molar-refractivity contribution is -0.132. The molecule has 9 heteroatoms. The first-order valence-electron chi connectivity index (χ1n) is 10.6. The number of carbonyl (C=O) groups excluding carboxylic acids is 2. The van der Waals surface area contributed by atoms with Crippen LogP contribution in [0.4, 0.5) is 5.82 Å². The summed E-state index contributed by atoms with van der Waals surface area (Å²) in [5, 5.41) is 15.1. The monoisotopic (exact) mass is 464 g/mol. The Morgan fingerprint density at radius 2 is 1.76 bits per heavy atom. The summed E-state index contributed by atoms with van der Waals surface area (Å²) in [5.74, 6) is 0.139. The van der Waals surface area contributed by atoms with Gasteiger partial charge in [-0.2, -0.15) is 0 Å². The van der Waals surface area contributed by atoms with E-state index in [1.165, 1.54) is 19.1 Å². The van der Waals surface area contributed by atoms with Crippen LogP contribution in [0.1, 0.15) is 29.9 Å². The number of anilines is 1. The third-order valence-corrected chi connectivity index (χ3v) is 5.47. The summed E-state index contributed by atoms with van der Waals surface area (Å²) in [4.78, 5) is 27.5. The highest BCUT2D eigenvalue weighted by molar-refractivity contribution is 6.51. The number of methoxy groups -OCH3 is 2. The molecule has 34 heavy (non-hydrogen) atoms. The zero-order valence-electron chi connectivity index (χ0n) is 19.2. The number of nitrogens with zero attached hydrogens (tertiary/aromatic N) is 2. The lowest BCUT2D eigenvalue weighted by Crippen LogP contribution is -2.29. The third-order valence-electron chi connectivity index (χ3n) is 5.47. The molecule has 176 valence electrons. The van der Waals surface area contributed by atoms with Crippen LogP contribution in [0.2, 0.25) is 0 Å². The molecule has 1 fully saturated rings. The number of carbonyl (C=O) groups is 2. The van der Waals surface area contributed by atoms with E-state index in [9.17, 15) is 14.7 Å². The van der Waals surface area contributed by atoms with Crippen LogP contribution in [0.3, 0.4) is 0 Å². The second-order valence-corrected chi connectivity index (χ2v) is 7.54. The van der Waals surface area contributed by atoms with Gasteiger partial charge in [0, 0.05) is 11.6 Å². The number of rotatable bonds is 7. The highest BCUT2D eigenvalue weighted by Crippen LogP contribution is 2.44. The van der Waals surface area contributed by atoms with Gasteiger partial charge in [-0.15, -0.1) is 0 Å². The molecule has 1 aliphatic rings. The molecule has 0 spiro atoms. The predicted molar refractivity (Wildman–Crippen MR) is 123 cm³/mol. The molecule has 1 atom stereocenters. The molecule has 2 aromatic carbocycles. The van der Waals surface area contributed by atoms with Crippen molar-refractivity contribution in [2.75, 3.05) is 25.7 Å². The van der Waals surface area contributed by atoms with Gasteiger partial charge in [0.2, 0.25) is 0 Å². The molecule has 2 heterocycles. The number of aliphatic hydroxyl groups is 1. The van der Waals surface area contributed by atoms with Gasteiger partial charge in [-0.05, 0) is 55.8 Å². The molecule has 9 nitrogen and oxygen atoms in total. The number of aryl methyl sites for hydroxylation is 1. The molecule has 3 aromatic rings. The van der Waals surface area contributed by atoms with E-state index in [4.69, 9.17) is 18.7 Å². The van der Waals surface area contributed by atoms with Gasteiger partial charge in [0.1, 0.15) is 17.3 Å². The van der Waals surface area contributed by atoms with Crippen molar-refractivity contribution in [1.82, 2.24) is 5.16 Å². The van der Waals surface area contributed by atoms with Gasteiger partial charge in [-0.3, -0.25) is 14.5 Å². The predicted octanol–water partition coefficient (Wildman–Crippen LogP) is 4.03. The topological polar surface area (TPSA) is 111 Å². The van der Waals surface area contributed by atoms with Crippen LogP contribution in [0.15, 0.2) is 58.6 Å². The molecule has 1 amide bonds. The minimum absolute atomic E-state index is 0.0815. The van der Waals surface area contributed by atoms with E-state index in [1.54, 1.807) is 55.5 Å². The maximum Gasteiger partial charge on any atom is 0.301 e. The summed E-state index contributed by atoms with van der Waals surface area (Å²) in [7, 11) is 2.99. The van der Waals surface area contributed by atoms with E-state index in [-0.39, 0.29) is 17.2 Å². The van der Waals surface area contributed by atoms with Crippen LogP contribution in [-0.4, -0.2) is 42.8 Å². The minimum atomic E-state index is -0.976. The normalized spacial score (nSPS) is 17.2. The van der Waals surface area contributed by atoms with E-state index in [0.717, 1.165) is 0 Å². The van der Waals surface area contributed by atoms with Crippen molar-refractivity contribution in [3.63, 3.8) is 0 Å². The smallest absolute Gasteiger partial charge is 0.301 e. The zero-order chi connectivity index (χ0) is 24.4. The molecule has 1 aliphatic heterocycles. The lowest BCUT2D eigenvalue weighted by atomic mass is 9.95. The van der Waals surface area contributed by atoms with Crippen LogP contribution in [0.25, 0.3) is 5.76 Å². The Kier molecular flexibility index (Phi) is 6.27. The van der Waals surface area contributed by atoms with Crippen molar-refractivity contribution < 1.29 is 33.4 Å². The quantitative estimate of drug-likeness (QED) is 0.317. The first-order valence-corrected chi connectivity index (χ1v) is 10.6. The molecule has 0 bridgehead atoms. The van der Waals surface area contributed by atoms with Gasteiger partial charge in [-0.25, -0.2) is 0 Å². The Morgan fingerprint density at radius 1 is 1.06 bits per heavy atom. The fourth-order valence-electron chi connectivity index (χ4n) is 3.91. The van der Waals surface area contributed by atoms with Gasteiger partial charge < -0.3 is 23.8 Å². The van der Waals surface area contributed by atoms with E-state index >= 15 is 0 Å². The number of amides is 1. The number of ether oxygens (including phenoxy) is 3. The summed E-state index contributed by atoms with van der Waals surface area (Å²) in [6, 6.07) is 12.2. The average Bonchev–Trinajstić information content (AvgIpc) is 3.39. The third kappa shape index (κ3) is 3.96. The number of hydrogen-bond donors (Lipinski definition) is 1. The number of ketones is 1. The van der Waals surface area contributed by atoms with Crippen LogP contribution < -0.4 is 19.1 Å². The minimum Gasteiger partial charge on any atom is -0.507 e. The maximum atomic E-state index is 13.2. The van der Waals surface area contributed by atoms with Crippen LogP contribution in [-0.2, 0) is 9.59 Å². The Bertz CT molecular complexity index is 1260. The van der Waals surface area contributed by atoms with E-state index in [1.807, 2.05) is 6.92 Å². The maximum absolute atomic E-state index is 13.2. The van der Waals surface area contributed by atoms with Crippen LogP contribution in [0, 0.1) is 6.92 Å². The fourth-order valence-corrected chi connectivity index (χ4v) is 3.91. The summed E-state index contributed by atoms with van der Waals surface area (Å²) in [6.07, 6.45) is 0. The Balaban J connectivity index is 1.91. The number of benzene rings is 2. The standard InChI is InChI=1S/C25H24N2O7/c1-5-33-17-9-6-15(7-10-17)23(28)21-22(16-8-11-18(31-3)19(13-16)32-4)27(25(30)24(21)29)20-12-14(2)34-26-20/h6-13,22,28H,5H2,1-4H3/b23-21+/t22-/m0/s1. The summed E-state index contributed by atoms with van der Waals surface area (Å²) in [5.41, 5.74) is 0.801. The number of aromatic nitrogens is 1. The molecule has 1 aromatic heterocycles. The SMILES string of the molecule is CCOc1ccc(/C(O)=C2\C(=O)C(=O)N(c3cc(C)on3)[C@H]2c2ccc(OC)c(OC)c2)cc1. The van der Waals surface area contributed by atoms with Crippen molar-refractivity contribution in [2.24, 2.45) is 0 Å². The summed E-state index contributed by atoms with van der Waals surface area (Å²) < 4.78 is 21.3. The summed E-state index contributed by atoms with van der Waals surface area (Å²) in [6.45, 7) is 4.04. The van der Waals surface area contributed by atoms with Gasteiger partial charge >= 0.3 is 5.91 Å². The summed E-state index contributed by atoms with van der Waals surface area (Å²) >= 11 is 0. The lowest BCUT2D eigenvalue weighted by Gasteiger charge is -2.23. The van der Waals surface area contributed by atoms with Gasteiger partial charge in [0.05, 0.1) is 32.4 Å². The molecule has 4 rings (SSSR count). The first-order chi connectivity index (χ1) is 16.4. The largest absolute Gasteiger partial charge is 0.507 e. The molecule has 0 unspecified atom stereocenters. The fraction of sp³-hybridized carbons (Fsp3) is 0.240. The van der Waals surface area contributed by atoms with E-state index < -0.39 is 17.7 Å². The van der Waals surface area contributed by atoms with Crippen LogP contribution >= 0.6 is 0 Å². The van der Waals surface area contributed by atoms with Gasteiger partial charge in [0.15, 0.2) is 17.3 Å².